The quantitative estimate of drug-likeness (QED) is 0.293. The maximum Gasteiger partial charge on any atom is 0.242 e. The highest BCUT2D eigenvalue weighted by atomic mass is 19.1. The molecule has 40 heavy (non-hydrogen) atoms. The summed E-state index contributed by atoms with van der Waals surface area (Å²) in [6.07, 6.45) is 19.4. The van der Waals surface area contributed by atoms with Crippen LogP contribution in [0.15, 0.2) is 115 Å². The molecule has 6 heteroatoms. The Balaban J connectivity index is 0.00000560. The third-order valence-corrected chi connectivity index (χ3v) is 7.19. The summed E-state index contributed by atoms with van der Waals surface area (Å²) in [6, 6.07) is 6.40. The smallest absolute Gasteiger partial charge is 0.242 e. The van der Waals surface area contributed by atoms with Gasteiger partial charge in [-0.2, -0.15) is 0 Å². The Hall–Kier alpha value is -3.93. The van der Waals surface area contributed by atoms with E-state index in [2.05, 4.69) is 69.2 Å². The Labute approximate surface area is 238 Å². The third kappa shape index (κ3) is 9.08. The number of piperazine rings is 1. The van der Waals surface area contributed by atoms with Crippen LogP contribution in [-0.4, -0.2) is 60.4 Å². The fourth-order valence-electron chi connectivity index (χ4n) is 4.76. The van der Waals surface area contributed by atoms with Gasteiger partial charge in [-0.25, -0.2) is 4.39 Å². The standard InChI is InChI=1S/C34H42FN3O.FH/c1-7-9-10-11-28(5)37-18-20-38(21-19-37)34(39)25-36(6)33(30-14-16-32(35)17-15-30)23-27(4)31-13-12-26(3)22-29(8-2)24-31;/h7,9-17,22-24,29H,1,4,8,18-21,25H2,2-3,5-6H3;1H/b10-9-,28-11+,33-23-;. The van der Waals surface area contributed by atoms with Crippen molar-refractivity contribution in [2.24, 2.45) is 5.92 Å². The number of halogens is 2. The molecule has 0 bridgehead atoms. The Bertz CT molecular complexity index is 1230. The summed E-state index contributed by atoms with van der Waals surface area (Å²) >= 11 is 0. The van der Waals surface area contributed by atoms with E-state index in [0.717, 1.165) is 41.9 Å². The van der Waals surface area contributed by atoms with E-state index in [4.69, 9.17) is 0 Å². The molecule has 1 saturated heterocycles. The summed E-state index contributed by atoms with van der Waals surface area (Å²) in [5, 5.41) is 0. The molecule has 1 aliphatic heterocycles. The highest BCUT2D eigenvalue weighted by Gasteiger charge is 2.23. The van der Waals surface area contributed by atoms with Gasteiger partial charge in [-0.1, -0.05) is 68.2 Å². The summed E-state index contributed by atoms with van der Waals surface area (Å²) in [5.74, 6) is 0.117. The van der Waals surface area contributed by atoms with E-state index in [9.17, 15) is 9.18 Å². The fourth-order valence-corrected chi connectivity index (χ4v) is 4.76. The molecule has 1 atom stereocenters. The molecule has 214 valence electrons. The van der Waals surface area contributed by atoms with Gasteiger partial charge < -0.3 is 14.7 Å². The molecule has 0 N–H and O–H groups in total. The number of carbonyl (C=O) groups excluding carboxylic acids is 1. The number of nitrogens with zero attached hydrogens (tertiary/aromatic N) is 3. The Kier molecular flexibility index (Phi) is 12.6. The van der Waals surface area contributed by atoms with E-state index >= 15 is 0 Å². The van der Waals surface area contributed by atoms with Gasteiger partial charge in [-0.05, 0) is 79.3 Å². The third-order valence-electron chi connectivity index (χ3n) is 7.19. The van der Waals surface area contributed by atoms with Crippen LogP contribution in [0.25, 0.3) is 5.70 Å². The van der Waals surface area contributed by atoms with Gasteiger partial charge in [0, 0.05) is 44.6 Å². The second-order valence-corrected chi connectivity index (χ2v) is 10.2. The summed E-state index contributed by atoms with van der Waals surface area (Å²) in [7, 11) is 1.91. The normalized spacial score (nSPS) is 18.1. The number of amides is 1. The molecule has 0 aromatic heterocycles. The van der Waals surface area contributed by atoms with Crippen LogP contribution in [-0.2, 0) is 4.79 Å². The molecule has 1 aromatic rings. The molecule has 1 aromatic carbocycles. The van der Waals surface area contributed by atoms with Crippen molar-refractivity contribution < 1.29 is 13.9 Å². The van der Waals surface area contributed by atoms with Crippen molar-refractivity contribution in [2.45, 2.75) is 27.2 Å². The van der Waals surface area contributed by atoms with Gasteiger partial charge in [0.15, 0.2) is 0 Å². The van der Waals surface area contributed by atoms with Crippen molar-refractivity contribution in [3.63, 3.8) is 0 Å². The van der Waals surface area contributed by atoms with Crippen LogP contribution in [0.3, 0.4) is 0 Å². The van der Waals surface area contributed by atoms with Gasteiger partial charge >= 0.3 is 0 Å². The molecule has 1 fully saturated rings. The lowest BCUT2D eigenvalue weighted by atomic mass is 9.98. The molecule has 4 nitrogen and oxygen atoms in total. The predicted molar refractivity (Wildman–Crippen MR) is 165 cm³/mol. The van der Waals surface area contributed by atoms with E-state index < -0.39 is 0 Å². The lowest BCUT2D eigenvalue weighted by molar-refractivity contribution is -0.132. The summed E-state index contributed by atoms with van der Waals surface area (Å²) in [4.78, 5) is 19.5. The first kappa shape index (κ1) is 32.3. The van der Waals surface area contributed by atoms with Gasteiger partial charge in [0.2, 0.25) is 5.91 Å². The number of hydrogen-bond acceptors (Lipinski definition) is 3. The van der Waals surface area contributed by atoms with Crippen LogP contribution in [0, 0.1) is 11.7 Å². The van der Waals surface area contributed by atoms with Crippen LogP contribution >= 0.6 is 0 Å². The van der Waals surface area contributed by atoms with Crippen molar-refractivity contribution in [3.8, 4) is 0 Å². The average Bonchev–Trinajstić information content (AvgIpc) is 3.13. The molecule has 1 unspecified atom stereocenters. The van der Waals surface area contributed by atoms with Crippen LogP contribution in [0.1, 0.15) is 32.8 Å². The highest BCUT2D eigenvalue weighted by molar-refractivity contribution is 5.81. The Morgan fingerprint density at radius 3 is 2.35 bits per heavy atom. The Morgan fingerprint density at radius 1 is 1.07 bits per heavy atom. The van der Waals surface area contributed by atoms with E-state index in [0.29, 0.717) is 19.0 Å². The van der Waals surface area contributed by atoms with Gasteiger partial charge in [0.1, 0.15) is 5.82 Å². The van der Waals surface area contributed by atoms with Crippen molar-refractivity contribution in [1.82, 2.24) is 14.7 Å². The number of likely N-dealkylation sites (N-methyl/N-ethyl adjacent to an activating group) is 1. The molecule has 0 spiro atoms. The average molecular weight is 548 g/mol. The molecule has 0 saturated carbocycles. The van der Waals surface area contributed by atoms with E-state index in [-0.39, 0.29) is 23.0 Å². The van der Waals surface area contributed by atoms with Crippen LogP contribution in [0.2, 0.25) is 0 Å². The van der Waals surface area contributed by atoms with Crippen LogP contribution < -0.4 is 0 Å². The van der Waals surface area contributed by atoms with E-state index in [1.54, 1.807) is 18.2 Å². The minimum absolute atomic E-state index is 0. The largest absolute Gasteiger partial charge is 0.371 e. The lowest BCUT2D eigenvalue weighted by Gasteiger charge is -2.37. The van der Waals surface area contributed by atoms with Crippen LogP contribution in [0.4, 0.5) is 9.09 Å². The van der Waals surface area contributed by atoms with Crippen molar-refractivity contribution >= 4 is 11.6 Å². The maximum absolute atomic E-state index is 13.7. The molecular formula is C34H43F2N3O. The second-order valence-electron chi connectivity index (χ2n) is 10.2. The number of allylic oxidation sites excluding steroid dienone is 13. The first-order valence-electron chi connectivity index (χ1n) is 13.7. The van der Waals surface area contributed by atoms with Gasteiger partial charge in [0.05, 0.1) is 6.54 Å². The summed E-state index contributed by atoms with van der Waals surface area (Å²) < 4.78 is 13.7. The molecule has 3 rings (SSSR count). The van der Waals surface area contributed by atoms with Crippen LogP contribution in [0.5, 0.6) is 0 Å². The molecule has 0 radical (unpaired) electrons. The maximum atomic E-state index is 13.7. The minimum atomic E-state index is -0.292. The van der Waals surface area contributed by atoms with Gasteiger partial charge in [-0.15, -0.1) is 0 Å². The monoisotopic (exact) mass is 547 g/mol. The van der Waals surface area contributed by atoms with Crippen molar-refractivity contribution in [2.75, 3.05) is 39.8 Å². The minimum Gasteiger partial charge on any atom is -0.371 e. The predicted octanol–water partition coefficient (Wildman–Crippen LogP) is 7.07. The number of carbonyl (C=O) groups is 1. The first-order valence-corrected chi connectivity index (χ1v) is 13.7. The number of hydrogen-bond donors (Lipinski definition) is 0. The van der Waals surface area contributed by atoms with E-state index in [1.165, 1.54) is 23.4 Å². The molecular weight excluding hydrogens is 504 g/mol. The second kappa shape index (κ2) is 15.6. The van der Waals surface area contributed by atoms with Crippen molar-refractivity contribution in [1.29, 1.82) is 0 Å². The molecule has 2 aliphatic rings. The summed E-state index contributed by atoms with van der Waals surface area (Å²) in [6.45, 7) is 17.6. The highest BCUT2D eigenvalue weighted by Crippen LogP contribution is 2.27. The molecule has 1 amide bonds. The number of rotatable bonds is 10. The first-order chi connectivity index (χ1) is 18.7. The number of benzene rings is 1. The lowest BCUT2D eigenvalue weighted by Crippen LogP contribution is -2.50. The van der Waals surface area contributed by atoms with Gasteiger partial charge in [-0.3, -0.25) is 9.50 Å². The summed E-state index contributed by atoms with van der Waals surface area (Å²) in [5.41, 5.74) is 5.98. The molecule has 1 aliphatic carbocycles. The van der Waals surface area contributed by atoms with Gasteiger partial charge in [0.25, 0.3) is 0 Å². The zero-order chi connectivity index (χ0) is 28.4. The molecule has 1 heterocycles. The zero-order valence-corrected chi connectivity index (χ0v) is 24.3. The Morgan fingerprint density at radius 2 is 1.73 bits per heavy atom. The van der Waals surface area contributed by atoms with Crippen molar-refractivity contribution in [3.05, 3.63) is 126 Å². The SMILES string of the molecule is C=C/C=C\C=C(/C)N1CCN(C(=O)CN(C)/C(=C\C(=C)C2=CC(CC)C=C(C)C=C2)c2ccc(F)cc2)CC1.F. The zero-order valence-electron chi connectivity index (χ0n) is 24.3. The fraction of sp³-hybridized carbons (Fsp3) is 0.324. The topological polar surface area (TPSA) is 26.8 Å². The van der Waals surface area contributed by atoms with E-state index in [1.807, 2.05) is 35.1 Å².